The Labute approximate surface area is 127 Å². The van der Waals surface area contributed by atoms with E-state index in [2.05, 4.69) is 0 Å². The van der Waals surface area contributed by atoms with E-state index in [0.717, 1.165) is 5.69 Å². The fraction of sp³-hybridized carbons (Fsp3) is 0.286. The van der Waals surface area contributed by atoms with Crippen LogP contribution >= 0.6 is 23.2 Å². The number of aliphatic carboxylic acids is 1. The molecule has 0 saturated heterocycles. The minimum Gasteiger partial charge on any atom is -0.477 e. The minimum absolute atomic E-state index is 0.295. The van der Waals surface area contributed by atoms with Crippen molar-refractivity contribution in [2.75, 3.05) is 29.7 Å². The molecule has 1 aromatic rings. The number of carboxylic acid groups (broad SMARTS) is 1. The van der Waals surface area contributed by atoms with E-state index in [1.54, 1.807) is 18.2 Å². The molecule has 1 N–H and O–H groups in total. The largest absolute Gasteiger partial charge is 0.477 e. The molecule has 0 heterocycles. The van der Waals surface area contributed by atoms with Crippen molar-refractivity contribution in [2.24, 2.45) is 0 Å². The number of hydrogen-bond acceptors (Lipinski definition) is 3. The summed E-state index contributed by atoms with van der Waals surface area (Å²) in [5.41, 5.74) is 1.32. The molecular formula is C14H14Cl2N2O2. The smallest absolute Gasteiger partial charge is 0.346 e. The van der Waals surface area contributed by atoms with Gasteiger partial charge in [-0.1, -0.05) is 12.1 Å². The Kier molecular flexibility index (Phi) is 6.92. The van der Waals surface area contributed by atoms with Crippen molar-refractivity contribution in [3.05, 3.63) is 35.4 Å². The highest BCUT2D eigenvalue weighted by molar-refractivity contribution is 6.18. The van der Waals surface area contributed by atoms with Crippen LogP contribution in [0.15, 0.2) is 29.8 Å². The van der Waals surface area contributed by atoms with E-state index >= 15 is 0 Å². The Morgan fingerprint density at radius 2 is 1.80 bits per heavy atom. The van der Waals surface area contributed by atoms with Crippen LogP contribution in [0.25, 0.3) is 6.08 Å². The van der Waals surface area contributed by atoms with Gasteiger partial charge in [-0.25, -0.2) is 4.79 Å². The lowest BCUT2D eigenvalue weighted by Gasteiger charge is -2.22. The van der Waals surface area contributed by atoms with Gasteiger partial charge in [-0.05, 0) is 23.8 Å². The van der Waals surface area contributed by atoms with Gasteiger partial charge >= 0.3 is 5.97 Å². The van der Waals surface area contributed by atoms with Crippen LogP contribution in [-0.4, -0.2) is 35.9 Å². The lowest BCUT2D eigenvalue weighted by atomic mass is 10.1. The second-order valence-corrected chi connectivity index (χ2v) is 4.69. The molecule has 0 atom stereocenters. The summed E-state index contributed by atoms with van der Waals surface area (Å²) in [6, 6.07) is 8.85. The standard InChI is InChI=1S/C14H14Cl2N2O2/c15-5-7-18(8-6-16)13-3-1-11(2-4-13)9-12(10-17)14(19)20/h1-4,9H,5-8H2,(H,19,20). The maximum Gasteiger partial charge on any atom is 0.346 e. The number of rotatable bonds is 7. The van der Waals surface area contributed by atoms with E-state index < -0.39 is 5.97 Å². The molecule has 6 heteroatoms. The number of alkyl halides is 2. The van der Waals surface area contributed by atoms with Gasteiger partial charge in [-0.3, -0.25) is 0 Å². The molecule has 0 bridgehead atoms. The Bertz CT molecular complexity index is 515. The molecule has 0 aliphatic heterocycles. The average Bonchev–Trinajstić information content (AvgIpc) is 2.45. The van der Waals surface area contributed by atoms with Gasteiger partial charge in [0.25, 0.3) is 0 Å². The molecular weight excluding hydrogens is 299 g/mol. The van der Waals surface area contributed by atoms with Crippen molar-refractivity contribution in [1.82, 2.24) is 0 Å². The van der Waals surface area contributed by atoms with Gasteiger partial charge in [-0.15, -0.1) is 23.2 Å². The van der Waals surface area contributed by atoms with E-state index in [0.29, 0.717) is 30.4 Å². The Balaban J connectivity index is 2.93. The van der Waals surface area contributed by atoms with Crippen molar-refractivity contribution in [1.29, 1.82) is 5.26 Å². The maximum absolute atomic E-state index is 10.8. The molecule has 106 valence electrons. The van der Waals surface area contributed by atoms with Gasteiger partial charge in [0.1, 0.15) is 11.6 Å². The first kappa shape index (κ1) is 16.4. The van der Waals surface area contributed by atoms with Crippen molar-refractivity contribution >= 4 is 40.9 Å². The number of benzene rings is 1. The first-order chi connectivity index (χ1) is 9.62. The first-order valence-electron chi connectivity index (χ1n) is 5.94. The van der Waals surface area contributed by atoms with E-state index in [1.165, 1.54) is 6.08 Å². The van der Waals surface area contributed by atoms with E-state index in [1.807, 2.05) is 17.0 Å². The lowest BCUT2D eigenvalue weighted by molar-refractivity contribution is -0.132. The van der Waals surface area contributed by atoms with E-state index in [-0.39, 0.29) is 5.57 Å². The molecule has 0 spiro atoms. The molecule has 0 aliphatic carbocycles. The molecule has 0 radical (unpaired) electrons. The van der Waals surface area contributed by atoms with Crippen LogP contribution in [0.1, 0.15) is 5.56 Å². The second-order valence-electron chi connectivity index (χ2n) is 3.93. The van der Waals surface area contributed by atoms with E-state index in [9.17, 15) is 4.79 Å². The van der Waals surface area contributed by atoms with Crippen molar-refractivity contribution in [3.8, 4) is 6.07 Å². The van der Waals surface area contributed by atoms with Crippen LogP contribution in [0.2, 0.25) is 0 Å². The second kappa shape index (κ2) is 8.47. The summed E-state index contributed by atoms with van der Waals surface area (Å²) < 4.78 is 0. The highest BCUT2D eigenvalue weighted by atomic mass is 35.5. The van der Waals surface area contributed by atoms with Gasteiger partial charge in [0.2, 0.25) is 0 Å². The zero-order valence-corrected chi connectivity index (χ0v) is 12.2. The van der Waals surface area contributed by atoms with Crippen LogP contribution in [0.3, 0.4) is 0 Å². The predicted octanol–water partition coefficient (Wildman–Crippen LogP) is 2.96. The third-order valence-electron chi connectivity index (χ3n) is 2.63. The normalized spacial score (nSPS) is 10.9. The van der Waals surface area contributed by atoms with Gasteiger partial charge in [0.15, 0.2) is 0 Å². The Morgan fingerprint density at radius 1 is 1.25 bits per heavy atom. The third kappa shape index (κ3) is 4.76. The van der Waals surface area contributed by atoms with Gasteiger partial charge in [0.05, 0.1) is 0 Å². The minimum atomic E-state index is -1.23. The molecule has 0 amide bonds. The van der Waals surface area contributed by atoms with Crippen LogP contribution in [0, 0.1) is 11.3 Å². The lowest BCUT2D eigenvalue weighted by Crippen LogP contribution is -2.27. The summed E-state index contributed by atoms with van der Waals surface area (Å²) in [6.45, 7) is 1.37. The number of nitrogens with zero attached hydrogens (tertiary/aromatic N) is 2. The SMILES string of the molecule is N#CC(=Cc1ccc(N(CCCl)CCCl)cc1)C(=O)O. The van der Waals surface area contributed by atoms with E-state index in [4.69, 9.17) is 33.6 Å². The Morgan fingerprint density at radius 3 is 2.20 bits per heavy atom. The van der Waals surface area contributed by atoms with Crippen LogP contribution in [0.4, 0.5) is 5.69 Å². The molecule has 0 aromatic heterocycles. The van der Waals surface area contributed by atoms with Crippen molar-refractivity contribution in [3.63, 3.8) is 0 Å². The summed E-state index contributed by atoms with van der Waals surface area (Å²) in [4.78, 5) is 12.8. The summed E-state index contributed by atoms with van der Waals surface area (Å²) in [7, 11) is 0. The molecule has 0 aliphatic rings. The topological polar surface area (TPSA) is 64.3 Å². The zero-order valence-electron chi connectivity index (χ0n) is 10.7. The number of carbonyl (C=O) groups is 1. The highest BCUT2D eigenvalue weighted by Gasteiger charge is 2.07. The fourth-order valence-electron chi connectivity index (χ4n) is 1.66. The average molecular weight is 313 g/mol. The molecule has 4 nitrogen and oxygen atoms in total. The number of halogens is 2. The molecule has 1 rings (SSSR count). The zero-order chi connectivity index (χ0) is 15.0. The van der Waals surface area contributed by atoms with Crippen LogP contribution in [0.5, 0.6) is 0 Å². The molecule has 0 fully saturated rings. The maximum atomic E-state index is 10.8. The molecule has 20 heavy (non-hydrogen) atoms. The van der Waals surface area contributed by atoms with Gasteiger partial charge in [0, 0.05) is 30.5 Å². The van der Waals surface area contributed by atoms with Gasteiger partial charge in [-0.2, -0.15) is 5.26 Å². The monoisotopic (exact) mass is 312 g/mol. The molecule has 1 aromatic carbocycles. The molecule has 0 unspecified atom stereocenters. The quantitative estimate of drug-likeness (QED) is 0.477. The summed E-state index contributed by atoms with van der Waals surface area (Å²) in [6.07, 6.45) is 1.33. The fourth-order valence-corrected chi connectivity index (χ4v) is 2.07. The predicted molar refractivity (Wildman–Crippen MR) is 81.3 cm³/mol. The summed E-state index contributed by atoms with van der Waals surface area (Å²) in [5.74, 6) is -0.241. The number of nitriles is 1. The van der Waals surface area contributed by atoms with Crippen molar-refractivity contribution in [2.45, 2.75) is 0 Å². The number of anilines is 1. The summed E-state index contributed by atoms with van der Waals surface area (Å²) >= 11 is 11.5. The Hall–Kier alpha value is -1.70. The highest BCUT2D eigenvalue weighted by Crippen LogP contribution is 2.17. The summed E-state index contributed by atoms with van der Waals surface area (Å²) in [5, 5.41) is 17.5. The number of hydrogen-bond donors (Lipinski definition) is 1. The molecule has 0 saturated carbocycles. The van der Waals surface area contributed by atoms with Gasteiger partial charge < -0.3 is 10.0 Å². The number of carboxylic acids is 1. The van der Waals surface area contributed by atoms with Crippen molar-refractivity contribution < 1.29 is 9.90 Å². The van der Waals surface area contributed by atoms with Crippen LogP contribution in [-0.2, 0) is 4.79 Å². The first-order valence-corrected chi connectivity index (χ1v) is 7.01. The third-order valence-corrected chi connectivity index (χ3v) is 2.97. The van der Waals surface area contributed by atoms with Crippen LogP contribution < -0.4 is 4.90 Å².